The molecule has 1 aromatic rings. The highest BCUT2D eigenvalue weighted by molar-refractivity contribution is 6.32. The third kappa shape index (κ3) is 3.32. The zero-order valence-electron chi connectivity index (χ0n) is 10.9. The molecule has 1 unspecified atom stereocenters. The number of rotatable bonds is 2. The molecule has 1 aliphatic rings. The predicted octanol–water partition coefficient (Wildman–Crippen LogP) is 1.15. The molecule has 19 heavy (non-hydrogen) atoms. The van der Waals surface area contributed by atoms with Crippen molar-refractivity contribution in [2.24, 2.45) is 0 Å². The summed E-state index contributed by atoms with van der Waals surface area (Å²) in [5.41, 5.74) is 1.00. The number of morpholine rings is 1. The lowest BCUT2D eigenvalue weighted by molar-refractivity contribution is -0.163. The van der Waals surface area contributed by atoms with Crippen molar-refractivity contribution in [3.05, 3.63) is 35.9 Å². The molecule has 1 fully saturated rings. The second kappa shape index (κ2) is 6.33. The maximum atomic E-state index is 11.9. The Hall–Kier alpha value is -1.88. The second-order valence-electron chi connectivity index (χ2n) is 4.24. The molecule has 0 aliphatic carbocycles. The Morgan fingerprint density at radius 3 is 2.79 bits per heavy atom. The van der Waals surface area contributed by atoms with E-state index in [-0.39, 0.29) is 12.7 Å². The van der Waals surface area contributed by atoms with Crippen LogP contribution in [0.5, 0.6) is 0 Å². The number of ether oxygens (including phenoxy) is 2. The number of carbonyl (C=O) groups is 2. The van der Waals surface area contributed by atoms with Gasteiger partial charge in [-0.1, -0.05) is 30.3 Å². The lowest BCUT2D eigenvalue weighted by Crippen LogP contribution is -2.45. The number of benzene rings is 1. The maximum Gasteiger partial charge on any atom is 0.397 e. The fourth-order valence-electron chi connectivity index (χ4n) is 2.03. The van der Waals surface area contributed by atoms with E-state index in [2.05, 4.69) is 0 Å². The van der Waals surface area contributed by atoms with Crippen LogP contribution in [0.3, 0.4) is 0 Å². The Labute approximate surface area is 112 Å². The van der Waals surface area contributed by atoms with Crippen molar-refractivity contribution in [3.8, 4) is 0 Å². The van der Waals surface area contributed by atoms with Crippen LogP contribution in [-0.2, 0) is 19.1 Å². The molecule has 0 spiro atoms. The second-order valence-corrected chi connectivity index (χ2v) is 4.24. The molecule has 1 heterocycles. The van der Waals surface area contributed by atoms with Crippen molar-refractivity contribution in [1.29, 1.82) is 0 Å². The summed E-state index contributed by atoms with van der Waals surface area (Å²) >= 11 is 0. The first kappa shape index (κ1) is 13.5. The molecule has 5 heteroatoms. The summed E-state index contributed by atoms with van der Waals surface area (Å²) in [6.07, 6.45) is -0.187. The van der Waals surface area contributed by atoms with Gasteiger partial charge in [-0.25, -0.2) is 4.79 Å². The minimum absolute atomic E-state index is 0.187. The van der Waals surface area contributed by atoms with Crippen molar-refractivity contribution in [3.63, 3.8) is 0 Å². The van der Waals surface area contributed by atoms with E-state index in [1.165, 1.54) is 4.90 Å². The summed E-state index contributed by atoms with van der Waals surface area (Å²) in [6.45, 7) is 3.10. The van der Waals surface area contributed by atoms with Gasteiger partial charge in [-0.05, 0) is 12.5 Å². The van der Waals surface area contributed by atoms with Crippen LogP contribution < -0.4 is 0 Å². The molecule has 1 atom stereocenters. The molecule has 1 amide bonds. The Balaban J connectivity index is 2.01. The fraction of sp³-hybridized carbons (Fsp3) is 0.429. The average molecular weight is 263 g/mol. The van der Waals surface area contributed by atoms with Crippen molar-refractivity contribution < 1.29 is 19.1 Å². The highest BCUT2D eigenvalue weighted by Crippen LogP contribution is 2.21. The first-order chi connectivity index (χ1) is 9.22. The van der Waals surface area contributed by atoms with E-state index in [0.29, 0.717) is 19.7 Å². The van der Waals surface area contributed by atoms with Gasteiger partial charge in [0.25, 0.3) is 0 Å². The molecule has 5 nitrogen and oxygen atoms in total. The number of amides is 1. The van der Waals surface area contributed by atoms with Gasteiger partial charge in [0.1, 0.15) is 6.10 Å². The Kier molecular flexibility index (Phi) is 4.52. The number of carbonyl (C=O) groups excluding carboxylic acids is 2. The lowest BCUT2D eigenvalue weighted by Gasteiger charge is -2.32. The molecule has 1 saturated heterocycles. The third-order valence-electron chi connectivity index (χ3n) is 2.98. The van der Waals surface area contributed by atoms with Crippen LogP contribution in [0.2, 0.25) is 0 Å². The van der Waals surface area contributed by atoms with Crippen LogP contribution in [0, 0.1) is 0 Å². The zero-order chi connectivity index (χ0) is 13.7. The summed E-state index contributed by atoms with van der Waals surface area (Å²) in [4.78, 5) is 24.8. The molecule has 102 valence electrons. The van der Waals surface area contributed by atoms with Gasteiger partial charge in [0, 0.05) is 6.54 Å². The summed E-state index contributed by atoms with van der Waals surface area (Å²) in [6, 6.07) is 9.66. The minimum Gasteiger partial charge on any atom is -0.459 e. The summed E-state index contributed by atoms with van der Waals surface area (Å²) in [5.74, 6) is -1.39. The van der Waals surface area contributed by atoms with Crippen LogP contribution >= 0.6 is 0 Å². The maximum absolute atomic E-state index is 11.9. The zero-order valence-corrected chi connectivity index (χ0v) is 10.9. The van der Waals surface area contributed by atoms with E-state index in [0.717, 1.165) is 5.56 Å². The van der Waals surface area contributed by atoms with Crippen LogP contribution in [0.4, 0.5) is 0 Å². The van der Waals surface area contributed by atoms with Gasteiger partial charge in [0.05, 0.1) is 19.8 Å². The first-order valence-electron chi connectivity index (χ1n) is 6.35. The van der Waals surface area contributed by atoms with E-state index in [9.17, 15) is 9.59 Å². The molecule has 1 aliphatic heterocycles. The van der Waals surface area contributed by atoms with Gasteiger partial charge in [-0.15, -0.1) is 0 Å². The highest BCUT2D eigenvalue weighted by atomic mass is 16.5. The normalized spacial score (nSPS) is 19.0. The van der Waals surface area contributed by atoms with E-state index in [4.69, 9.17) is 9.47 Å². The van der Waals surface area contributed by atoms with Gasteiger partial charge in [0.15, 0.2) is 0 Å². The Bertz CT molecular complexity index is 446. The monoisotopic (exact) mass is 263 g/mol. The Morgan fingerprint density at radius 2 is 2.11 bits per heavy atom. The molecule has 0 saturated carbocycles. The summed E-state index contributed by atoms with van der Waals surface area (Å²) in [7, 11) is 0. The topological polar surface area (TPSA) is 55.8 Å². The third-order valence-corrected chi connectivity index (χ3v) is 2.98. The molecule has 1 aromatic carbocycles. The van der Waals surface area contributed by atoms with Crippen LogP contribution in [0.25, 0.3) is 0 Å². The van der Waals surface area contributed by atoms with Gasteiger partial charge >= 0.3 is 11.9 Å². The average Bonchev–Trinajstić information content (AvgIpc) is 2.48. The molecule has 0 N–H and O–H groups in total. The number of esters is 1. The van der Waals surface area contributed by atoms with Gasteiger partial charge in [-0.3, -0.25) is 4.79 Å². The van der Waals surface area contributed by atoms with Crippen molar-refractivity contribution in [2.45, 2.75) is 13.0 Å². The molecule has 2 rings (SSSR count). The van der Waals surface area contributed by atoms with Crippen LogP contribution in [0.15, 0.2) is 30.3 Å². The lowest BCUT2D eigenvalue weighted by atomic mass is 10.1. The van der Waals surface area contributed by atoms with Gasteiger partial charge in [0.2, 0.25) is 0 Å². The molecular weight excluding hydrogens is 246 g/mol. The first-order valence-corrected chi connectivity index (χ1v) is 6.35. The van der Waals surface area contributed by atoms with E-state index >= 15 is 0 Å². The summed E-state index contributed by atoms with van der Waals surface area (Å²) < 4.78 is 10.4. The van der Waals surface area contributed by atoms with E-state index < -0.39 is 11.9 Å². The number of hydrogen-bond donors (Lipinski definition) is 0. The van der Waals surface area contributed by atoms with Gasteiger partial charge < -0.3 is 14.4 Å². The number of nitrogens with zero attached hydrogens (tertiary/aromatic N) is 1. The molecule has 0 aromatic heterocycles. The van der Waals surface area contributed by atoms with Crippen molar-refractivity contribution in [1.82, 2.24) is 4.90 Å². The summed E-state index contributed by atoms with van der Waals surface area (Å²) in [5, 5.41) is 0. The Morgan fingerprint density at radius 1 is 1.37 bits per heavy atom. The minimum atomic E-state index is -0.795. The fourth-order valence-corrected chi connectivity index (χ4v) is 2.03. The molecule has 0 radical (unpaired) electrons. The number of hydrogen-bond acceptors (Lipinski definition) is 4. The van der Waals surface area contributed by atoms with Crippen molar-refractivity contribution >= 4 is 11.9 Å². The van der Waals surface area contributed by atoms with E-state index in [1.54, 1.807) is 6.92 Å². The SMILES string of the molecule is CCOC(=O)C(=O)N1CCOC(c2ccccc2)C1. The smallest absolute Gasteiger partial charge is 0.397 e. The van der Waals surface area contributed by atoms with Gasteiger partial charge in [-0.2, -0.15) is 0 Å². The van der Waals surface area contributed by atoms with Crippen LogP contribution in [-0.4, -0.2) is 43.1 Å². The highest BCUT2D eigenvalue weighted by Gasteiger charge is 2.29. The van der Waals surface area contributed by atoms with Crippen molar-refractivity contribution in [2.75, 3.05) is 26.3 Å². The molecule has 0 bridgehead atoms. The predicted molar refractivity (Wildman–Crippen MR) is 68.3 cm³/mol. The standard InChI is InChI=1S/C14H17NO4/c1-2-18-14(17)13(16)15-8-9-19-12(10-15)11-6-4-3-5-7-11/h3-7,12H,2,8-10H2,1H3. The molecular formula is C14H17NO4. The van der Waals surface area contributed by atoms with E-state index in [1.807, 2.05) is 30.3 Å². The quantitative estimate of drug-likeness (QED) is 0.593. The van der Waals surface area contributed by atoms with Crippen LogP contribution in [0.1, 0.15) is 18.6 Å². The largest absolute Gasteiger partial charge is 0.459 e.